The van der Waals surface area contributed by atoms with E-state index in [2.05, 4.69) is 5.32 Å². The highest BCUT2D eigenvalue weighted by molar-refractivity contribution is 6.09. The van der Waals surface area contributed by atoms with Crippen LogP contribution >= 0.6 is 0 Å². The molecule has 0 bridgehead atoms. The van der Waals surface area contributed by atoms with Crippen molar-refractivity contribution in [1.82, 2.24) is 0 Å². The molecule has 8 nitrogen and oxygen atoms in total. The fourth-order valence-electron chi connectivity index (χ4n) is 2.33. The van der Waals surface area contributed by atoms with Crippen LogP contribution in [0.15, 0.2) is 48.0 Å². The molecule has 0 spiro atoms. The van der Waals surface area contributed by atoms with Crippen molar-refractivity contribution in [2.45, 2.75) is 0 Å². The standard InChI is InChI=1S/C18H13N3O5/c19-11-13(9-12-1-4-15(5-2-12)21(23)24)18(22)20-14-3-6-16-17(10-14)26-8-7-25-16/h1-6,9-10H,7-8H2,(H,20,22)/b13-9+. The molecule has 0 aromatic heterocycles. The van der Waals surface area contributed by atoms with E-state index in [1.54, 1.807) is 18.2 Å². The summed E-state index contributed by atoms with van der Waals surface area (Å²) in [6, 6.07) is 12.3. The lowest BCUT2D eigenvalue weighted by Gasteiger charge is -2.18. The van der Waals surface area contributed by atoms with Gasteiger partial charge in [-0.2, -0.15) is 5.26 Å². The number of non-ortho nitro benzene ring substituents is 1. The van der Waals surface area contributed by atoms with Gasteiger partial charge >= 0.3 is 0 Å². The first kappa shape index (κ1) is 17.0. The lowest BCUT2D eigenvalue weighted by molar-refractivity contribution is -0.384. The summed E-state index contributed by atoms with van der Waals surface area (Å²) in [4.78, 5) is 22.4. The highest BCUT2D eigenvalue weighted by atomic mass is 16.6. The SMILES string of the molecule is N#C/C(=C\c1ccc([N+](=O)[O-])cc1)C(=O)Nc1ccc2c(c1)OCCO2. The van der Waals surface area contributed by atoms with Crippen LogP contribution in [0.5, 0.6) is 11.5 Å². The number of anilines is 1. The quantitative estimate of drug-likeness (QED) is 0.392. The van der Waals surface area contributed by atoms with E-state index in [-0.39, 0.29) is 11.3 Å². The summed E-state index contributed by atoms with van der Waals surface area (Å²) in [5.41, 5.74) is 0.767. The second-order valence-electron chi connectivity index (χ2n) is 5.33. The molecule has 0 atom stereocenters. The number of carbonyl (C=O) groups is 1. The molecule has 1 heterocycles. The van der Waals surface area contributed by atoms with Gasteiger partial charge < -0.3 is 14.8 Å². The van der Waals surface area contributed by atoms with Crippen LogP contribution in [0.4, 0.5) is 11.4 Å². The van der Waals surface area contributed by atoms with Crippen molar-refractivity contribution in [2.75, 3.05) is 18.5 Å². The van der Waals surface area contributed by atoms with Crippen molar-refractivity contribution in [3.05, 3.63) is 63.7 Å². The van der Waals surface area contributed by atoms with Gasteiger partial charge in [-0.1, -0.05) is 0 Å². The minimum atomic E-state index is -0.595. The molecular formula is C18H13N3O5. The van der Waals surface area contributed by atoms with Crippen molar-refractivity contribution in [3.8, 4) is 17.6 Å². The van der Waals surface area contributed by atoms with E-state index in [0.29, 0.717) is 36.0 Å². The Kier molecular flexibility index (Phi) is 4.80. The number of ether oxygens (including phenoxy) is 2. The Hall–Kier alpha value is -3.86. The van der Waals surface area contributed by atoms with Crippen LogP contribution in [0.3, 0.4) is 0 Å². The van der Waals surface area contributed by atoms with Gasteiger partial charge in [0.2, 0.25) is 0 Å². The number of nitro groups is 1. The minimum Gasteiger partial charge on any atom is -0.486 e. The number of fused-ring (bicyclic) bond motifs is 1. The Bertz CT molecular complexity index is 929. The number of benzene rings is 2. The predicted molar refractivity (Wildman–Crippen MR) is 92.7 cm³/mol. The summed E-state index contributed by atoms with van der Waals surface area (Å²) in [5, 5.41) is 22.5. The zero-order chi connectivity index (χ0) is 18.5. The Morgan fingerprint density at radius 3 is 2.50 bits per heavy atom. The van der Waals surface area contributed by atoms with E-state index in [9.17, 15) is 20.2 Å². The topological polar surface area (TPSA) is 114 Å². The zero-order valence-electron chi connectivity index (χ0n) is 13.5. The number of nitriles is 1. The van der Waals surface area contributed by atoms with Crippen molar-refractivity contribution >= 4 is 23.4 Å². The van der Waals surface area contributed by atoms with Gasteiger partial charge in [0.1, 0.15) is 24.9 Å². The second-order valence-corrected chi connectivity index (χ2v) is 5.33. The molecule has 1 amide bonds. The summed E-state index contributed by atoms with van der Waals surface area (Å²) >= 11 is 0. The first-order chi connectivity index (χ1) is 12.6. The molecule has 0 fully saturated rings. The lowest BCUT2D eigenvalue weighted by Crippen LogP contribution is -2.17. The third-order valence-electron chi connectivity index (χ3n) is 3.58. The van der Waals surface area contributed by atoms with Crippen molar-refractivity contribution in [2.24, 2.45) is 0 Å². The third kappa shape index (κ3) is 3.79. The Morgan fingerprint density at radius 1 is 1.15 bits per heavy atom. The second kappa shape index (κ2) is 7.36. The van der Waals surface area contributed by atoms with E-state index < -0.39 is 10.8 Å². The van der Waals surface area contributed by atoms with Crippen LogP contribution in [-0.4, -0.2) is 24.0 Å². The maximum atomic E-state index is 12.3. The van der Waals surface area contributed by atoms with Crippen LogP contribution < -0.4 is 14.8 Å². The molecule has 0 unspecified atom stereocenters. The van der Waals surface area contributed by atoms with Gasteiger partial charge in [0.15, 0.2) is 11.5 Å². The van der Waals surface area contributed by atoms with Crippen molar-refractivity contribution in [1.29, 1.82) is 5.26 Å². The number of nitrogens with one attached hydrogen (secondary N) is 1. The van der Waals surface area contributed by atoms with Crippen LogP contribution in [0.25, 0.3) is 6.08 Å². The highest BCUT2D eigenvalue weighted by Crippen LogP contribution is 2.32. The summed E-state index contributed by atoms with van der Waals surface area (Å²) < 4.78 is 10.9. The summed E-state index contributed by atoms with van der Waals surface area (Å²) in [7, 11) is 0. The Labute approximate surface area is 148 Å². The van der Waals surface area contributed by atoms with E-state index in [4.69, 9.17) is 9.47 Å². The first-order valence-corrected chi connectivity index (χ1v) is 7.64. The van der Waals surface area contributed by atoms with Crippen molar-refractivity contribution in [3.63, 3.8) is 0 Å². The lowest BCUT2D eigenvalue weighted by atomic mass is 10.1. The van der Waals surface area contributed by atoms with E-state index in [1.807, 2.05) is 6.07 Å². The minimum absolute atomic E-state index is 0.0682. The van der Waals surface area contributed by atoms with Gasteiger partial charge in [-0.3, -0.25) is 14.9 Å². The molecule has 1 aliphatic heterocycles. The molecule has 0 radical (unpaired) electrons. The van der Waals surface area contributed by atoms with Crippen molar-refractivity contribution < 1.29 is 19.2 Å². The zero-order valence-corrected chi connectivity index (χ0v) is 13.5. The highest BCUT2D eigenvalue weighted by Gasteiger charge is 2.15. The molecule has 1 N–H and O–H groups in total. The molecule has 3 rings (SSSR count). The third-order valence-corrected chi connectivity index (χ3v) is 3.58. The van der Waals surface area contributed by atoms with Gasteiger partial charge in [0.25, 0.3) is 11.6 Å². The Balaban J connectivity index is 1.76. The van der Waals surface area contributed by atoms with E-state index >= 15 is 0 Å². The first-order valence-electron chi connectivity index (χ1n) is 7.64. The largest absolute Gasteiger partial charge is 0.486 e. The smallest absolute Gasteiger partial charge is 0.269 e. The number of hydrogen-bond acceptors (Lipinski definition) is 6. The fraction of sp³-hybridized carbons (Fsp3) is 0.111. The molecule has 0 saturated carbocycles. The molecule has 2 aromatic carbocycles. The van der Waals surface area contributed by atoms with Crippen LogP contribution in [-0.2, 0) is 4.79 Å². The molecule has 26 heavy (non-hydrogen) atoms. The molecular weight excluding hydrogens is 338 g/mol. The number of nitro benzene ring substituents is 1. The summed E-state index contributed by atoms with van der Waals surface area (Å²) in [5.74, 6) is 0.519. The number of amides is 1. The maximum Gasteiger partial charge on any atom is 0.269 e. The normalized spacial score (nSPS) is 12.8. The predicted octanol–water partition coefficient (Wildman–Crippen LogP) is 2.91. The number of carbonyl (C=O) groups excluding carboxylic acids is 1. The van der Waals surface area contributed by atoms with Crippen LogP contribution in [0, 0.1) is 21.4 Å². The van der Waals surface area contributed by atoms with Crippen LogP contribution in [0.1, 0.15) is 5.56 Å². The van der Waals surface area contributed by atoms with Gasteiger partial charge in [0, 0.05) is 23.9 Å². The monoisotopic (exact) mass is 351 g/mol. The summed E-state index contributed by atoms with van der Waals surface area (Å²) in [6.45, 7) is 0.892. The number of rotatable bonds is 4. The average molecular weight is 351 g/mol. The van der Waals surface area contributed by atoms with Gasteiger partial charge in [0.05, 0.1) is 4.92 Å². The van der Waals surface area contributed by atoms with Gasteiger partial charge in [-0.15, -0.1) is 0 Å². The van der Waals surface area contributed by atoms with Gasteiger partial charge in [-0.25, -0.2) is 0 Å². The summed E-state index contributed by atoms with van der Waals surface area (Å²) in [6.07, 6.45) is 1.36. The maximum absolute atomic E-state index is 12.3. The molecule has 0 saturated heterocycles. The molecule has 2 aromatic rings. The molecule has 130 valence electrons. The molecule has 0 aliphatic carbocycles. The van der Waals surface area contributed by atoms with Crippen LogP contribution in [0.2, 0.25) is 0 Å². The molecule has 1 aliphatic rings. The number of nitrogens with zero attached hydrogens (tertiary/aromatic N) is 2. The average Bonchev–Trinajstić information content (AvgIpc) is 2.66. The Morgan fingerprint density at radius 2 is 1.85 bits per heavy atom. The fourth-order valence-corrected chi connectivity index (χ4v) is 2.33. The molecule has 8 heteroatoms. The van der Waals surface area contributed by atoms with Gasteiger partial charge in [-0.05, 0) is 35.9 Å². The number of hydrogen-bond donors (Lipinski definition) is 1. The van der Waals surface area contributed by atoms with E-state index in [1.165, 1.54) is 30.3 Å². The van der Waals surface area contributed by atoms with E-state index in [0.717, 1.165) is 0 Å².